The summed E-state index contributed by atoms with van der Waals surface area (Å²) < 4.78 is 7.03. The third-order valence-corrected chi connectivity index (χ3v) is 4.55. The van der Waals surface area contributed by atoms with Crippen LogP contribution < -0.4 is 5.32 Å². The Labute approximate surface area is 151 Å². The lowest BCUT2D eigenvalue weighted by Crippen LogP contribution is -2.17. The highest BCUT2D eigenvalue weighted by molar-refractivity contribution is 5.84. The van der Waals surface area contributed by atoms with Crippen molar-refractivity contribution in [1.82, 2.24) is 9.78 Å². The number of carbonyl (C=O) groups is 1. The van der Waals surface area contributed by atoms with Crippen LogP contribution in [0.5, 0.6) is 0 Å². The van der Waals surface area contributed by atoms with Crippen molar-refractivity contribution in [2.45, 2.75) is 12.5 Å². The molecule has 6 nitrogen and oxygen atoms in total. The van der Waals surface area contributed by atoms with Gasteiger partial charge < -0.3 is 9.84 Å². The minimum Gasteiger partial charge on any atom is -0.448 e. The Morgan fingerprint density at radius 1 is 1.12 bits per heavy atom. The second kappa shape index (κ2) is 7.01. The Balaban J connectivity index is 1.45. The summed E-state index contributed by atoms with van der Waals surface area (Å²) in [6.45, 7) is 0.642. The number of rotatable bonds is 5. The number of hydrogen-bond donors (Lipinski definition) is 2. The molecular weight excluding hydrogens is 330 g/mol. The van der Waals surface area contributed by atoms with Gasteiger partial charge in [0.15, 0.2) is 0 Å². The number of amides is 1. The molecule has 4 rings (SSSR count). The summed E-state index contributed by atoms with van der Waals surface area (Å²) in [6, 6.07) is 16.4. The van der Waals surface area contributed by atoms with Gasteiger partial charge in [0, 0.05) is 12.1 Å². The van der Waals surface area contributed by atoms with Gasteiger partial charge in [-0.3, -0.25) is 10.00 Å². The highest BCUT2D eigenvalue weighted by atomic mass is 16.5. The van der Waals surface area contributed by atoms with Gasteiger partial charge in [0.1, 0.15) is 6.61 Å². The monoisotopic (exact) mass is 349 g/mol. The first-order valence-corrected chi connectivity index (χ1v) is 8.51. The Kier molecular flexibility index (Phi) is 4.41. The second-order valence-electron chi connectivity index (χ2n) is 6.17. The lowest BCUT2D eigenvalue weighted by Gasteiger charge is -2.14. The van der Waals surface area contributed by atoms with Gasteiger partial charge in [-0.05, 0) is 22.3 Å². The summed E-state index contributed by atoms with van der Waals surface area (Å²) >= 11 is 0. The molecule has 0 saturated heterocycles. The summed E-state index contributed by atoms with van der Waals surface area (Å²) in [4.78, 5) is 12.1. The molecule has 0 radical (unpaired) electrons. The van der Waals surface area contributed by atoms with Crippen molar-refractivity contribution in [2.75, 3.05) is 18.5 Å². The van der Waals surface area contributed by atoms with Gasteiger partial charge in [-0.2, -0.15) is 5.10 Å². The molecular formula is C20H19N3O3. The van der Waals surface area contributed by atoms with E-state index in [1.54, 1.807) is 10.9 Å². The average Bonchev–Trinajstić information content (AvgIpc) is 3.23. The van der Waals surface area contributed by atoms with E-state index in [2.05, 4.69) is 34.7 Å². The van der Waals surface area contributed by atoms with Crippen LogP contribution in [-0.4, -0.2) is 34.2 Å². The van der Waals surface area contributed by atoms with Crippen LogP contribution in [0.1, 0.15) is 17.0 Å². The molecule has 0 atom stereocenters. The number of benzene rings is 2. The highest BCUT2D eigenvalue weighted by Crippen LogP contribution is 2.44. The van der Waals surface area contributed by atoms with E-state index in [9.17, 15) is 4.79 Å². The third kappa shape index (κ3) is 3.07. The molecule has 0 aliphatic heterocycles. The highest BCUT2D eigenvalue weighted by Gasteiger charge is 2.28. The number of ether oxygens (including phenoxy) is 1. The Morgan fingerprint density at radius 2 is 1.77 bits per heavy atom. The Hall–Kier alpha value is -3.12. The first-order chi connectivity index (χ1) is 12.8. The normalized spacial score (nSPS) is 12.5. The molecule has 1 aliphatic carbocycles. The predicted octanol–water partition coefficient (Wildman–Crippen LogP) is 3.24. The van der Waals surface area contributed by atoms with Gasteiger partial charge in [0.2, 0.25) is 0 Å². The van der Waals surface area contributed by atoms with Gasteiger partial charge in [-0.15, -0.1) is 0 Å². The van der Waals surface area contributed by atoms with Crippen LogP contribution >= 0.6 is 0 Å². The zero-order valence-electron chi connectivity index (χ0n) is 14.1. The fourth-order valence-corrected chi connectivity index (χ4v) is 3.41. The smallest absolute Gasteiger partial charge is 0.411 e. The van der Waals surface area contributed by atoms with Crippen molar-refractivity contribution >= 4 is 11.8 Å². The summed E-state index contributed by atoms with van der Waals surface area (Å²) in [5.41, 5.74) is 5.29. The first kappa shape index (κ1) is 16.4. The number of aliphatic hydroxyl groups excluding tert-OH is 1. The molecule has 2 aromatic carbocycles. The van der Waals surface area contributed by atoms with Crippen LogP contribution in [0.4, 0.5) is 10.5 Å². The fourth-order valence-electron chi connectivity index (χ4n) is 3.41. The summed E-state index contributed by atoms with van der Waals surface area (Å²) in [5.74, 6) is 0.0327. The Bertz CT molecular complexity index is 890. The van der Waals surface area contributed by atoms with E-state index in [1.165, 1.54) is 28.5 Å². The van der Waals surface area contributed by atoms with Crippen molar-refractivity contribution in [3.63, 3.8) is 0 Å². The van der Waals surface area contributed by atoms with Crippen LogP contribution in [0, 0.1) is 0 Å². The number of carbonyl (C=O) groups excluding carboxylic acids is 1. The van der Waals surface area contributed by atoms with Crippen molar-refractivity contribution in [2.24, 2.45) is 0 Å². The van der Waals surface area contributed by atoms with E-state index in [0.29, 0.717) is 12.2 Å². The van der Waals surface area contributed by atoms with Crippen molar-refractivity contribution in [1.29, 1.82) is 0 Å². The van der Waals surface area contributed by atoms with Crippen molar-refractivity contribution in [3.8, 4) is 11.1 Å². The maximum absolute atomic E-state index is 12.1. The van der Waals surface area contributed by atoms with E-state index in [0.717, 1.165) is 0 Å². The lowest BCUT2D eigenvalue weighted by molar-refractivity contribution is 0.158. The van der Waals surface area contributed by atoms with Gasteiger partial charge >= 0.3 is 6.09 Å². The summed E-state index contributed by atoms with van der Waals surface area (Å²) in [7, 11) is 0. The van der Waals surface area contributed by atoms with E-state index >= 15 is 0 Å². The molecule has 0 unspecified atom stereocenters. The zero-order valence-corrected chi connectivity index (χ0v) is 14.1. The first-order valence-electron chi connectivity index (χ1n) is 8.51. The quantitative estimate of drug-likeness (QED) is 0.741. The summed E-state index contributed by atoms with van der Waals surface area (Å²) in [6.07, 6.45) is 2.66. The second-order valence-corrected chi connectivity index (χ2v) is 6.17. The molecule has 1 amide bonds. The molecule has 0 fully saturated rings. The molecule has 0 spiro atoms. The average molecular weight is 349 g/mol. The molecule has 0 bridgehead atoms. The lowest BCUT2D eigenvalue weighted by atomic mass is 9.98. The molecule has 26 heavy (non-hydrogen) atoms. The molecule has 1 aromatic heterocycles. The third-order valence-electron chi connectivity index (χ3n) is 4.55. The molecule has 1 heterocycles. The van der Waals surface area contributed by atoms with Gasteiger partial charge in [0.05, 0.1) is 25.0 Å². The number of nitrogens with one attached hydrogen (secondary N) is 1. The SMILES string of the molecule is O=C(Nc1cnn(CCO)c1)OCC1c2ccccc2-c2ccccc21. The van der Waals surface area contributed by atoms with Crippen LogP contribution in [0.3, 0.4) is 0 Å². The number of aromatic nitrogens is 2. The largest absolute Gasteiger partial charge is 0.448 e. The predicted molar refractivity (Wildman–Crippen MR) is 98.0 cm³/mol. The van der Waals surface area contributed by atoms with Gasteiger partial charge in [-0.25, -0.2) is 4.79 Å². The van der Waals surface area contributed by atoms with Crippen LogP contribution in [0.15, 0.2) is 60.9 Å². The number of aliphatic hydroxyl groups is 1. The molecule has 3 aromatic rings. The van der Waals surface area contributed by atoms with E-state index < -0.39 is 6.09 Å². The number of hydrogen-bond acceptors (Lipinski definition) is 4. The standard InChI is InChI=1S/C20H19N3O3/c24-10-9-23-12-14(11-21-23)22-20(25)26-13-19-17-7-3-1-5-15(17)16-6-2-4-8-18(16)19/h1-8,11-12,19,24H,9-10,13H2,(H,22,25). The maximum atomic E-state index is 12.1. The molecule has 6 heteroatoms. The minimum absolute atomic E-state index is 0.00787. The topological polar surface area (TPSA) is 76.4 Å². The fraction of sp³-hybridized carbons (Fsp3) is 0.200. The Morgan fingerprint density at radius 3 is 2.42 bits per heavy atom. The maximum Gasteiger partial charge on any atom is 0.411 e. The van der Waals surface area contributed by atoms with E-state index in [1.807, 2.05) is 24.3 Å². The van der Waals surface area contributed by atoms with E-state index in [4.69, 9.17) is 9.84 Å². The van der Waals surface area contributed by atoms with Crippen molar-refractivity contribution < 1.29 is 14.6 Å². The zero-order chi connectivity index (χ0) is 17.9. The van der Waals surface area contributed by atoms with Crippen molar-refractivity contribution in [3.05, 3.63) is 72.1 Å². The number of fused-ring (bicyclic) bond motifs is 3. The molecule has 132 valence electrons. The molecule has 2 N–H and O–H groups in total. The van der Waals surface area contributed by atoms with Gasteiger partial charge in [0.25, 0.3) is 0 Å². The van der Waals surface area contributed by atoms with Crippen LogP contribution in [-0.2, 0) is 11.3 Å². The van der Waals surface area contributed by atoms with E-state index in [-0.39, 0.29) is 19.1 Å². The number of anilines is 1. The van der Waals surface area contributed by atoms with Crippen LogP contribution in [0.25, 0.3) is 11.1 Å². The summed E-state index contributed by atoms with van der Waals surface area (Å²) in [5, 5.41) is 15.6. The molecule has 1 aliphatic rings. The van der Waals surface area contributed by atoms with Crippen LogP contribution in [0.2, 0.25) is 0 Å². The molecule has 0 saturated carbocycles. The minimum atomic E-state index is -0.518. The van der Waals surface area contributed by atoms with Gasteiger partial charge in [-0.1, -0.05) is 48.5 Å². The number of nitrogens with zero attached hydrogens (tertiary/aromatic N) is 2.